The molecule has 1 N–H and O–H groups in total. The van der Waals surface area contributed by atoms with Gasteiger partial charge in [-0.25, -0.2) is 0 Å². The Balaban J connectivity index is 1.87. The van der Waals surface area contributed by atoms with Crippen molar-refractivity contribution >= 4 is 0 Å². The Morgan fingerprint density at radius 2 is 1.89 bits per heavy atom. The standard InChI is InChI=1S/C17H28N2/c1-13(2)18-11-16-9-10-19(12-16)15(4)17-7-5-14(3)6-8-17/h5-8,13,15-16,18H,9-12H2,1-4H3. The van der Waals surface area contributed by atoms with Crippen LogP contribution in [0.4, 0.5) is 0 Å². The highest BCUT2D eigenvalue weighted by Gasteiger charge is 2.26. The second-order valence-electron chi connectivity index (χ2n) is 6.30. The molecule has 1 fully saturated rings. The summed E-state index contributed by atoms with van der Waals surface area (Å²) in [6.07, 6.45) is 1.33. The molecule has 1 aliphatic rings. The zero-order chi connectivity index (χ0) is 13.8. The molecule has 0 bridgehead atoms. The highest BCUT2D eigenvalue weighted by molar-refractivity contribution is 5.23. The van der Waals surface area contributed by atoms with E-state index < -0.39 is 0 Å². The van der Waals surface area contributed by atoms with E-state index >= 15 is 0 Å². The fourth-order valence-corrected chi connectivity index (χ4v) is 2.84. The lowest BCUT2D eigenvalue weighted by Crippen LogP contribution is -2.31. The normalized spacial score (nSPS) is 22.1. The van der Waals surface area contributed by atoms with Crippen molar-refractivity contribution in [1.29, 1.82) is 0 Å². The molecule has 1 aromatic carbocycles. The predicted octanol–water partition coefficient (Wildman–Crippen LogP) is 3.38. The average Bonchev–Trinajstić information content (AvgIpc) is 2.85. The van der Waals surface area contributed by atoms with Crippen molar-refractivity contribution in [2.45, 2.75) is 46.2 Å². The number of likely N-dealkylation sites (tertiary alicyclic amines) is 1. The number of aryl methyl sites for hydroxylation is 1. The molecule has 2 nitrogen and oxygen atoms in total. The van der Waals surface area contributed by atoms with Gasteiger partial charge in [0.15, 0.2) is 0 Å². The minimum atomic E-state index is 0.546. The molecule has 0 aliphatic carbocycles. The molecule has 19 heavy (non-hydrogen) atoms. The number of hydrogen-bond acceptors (Lipinski definition) is 2. The molecule has 0 saturated carbocycles. The Hall–Kier alpha value is -0.860. The maximum Gasteiger partial charge on any atom is 0.0320 e. The Kier molecular flexibility index (Phi) is 5.00. The van der Waals surface area contributed by atoms with Crippen LogP contribution in [-0.2, 0) is 0 Å². The van der Waals surface area contributed by atoms with Crippen LogP contribution in [0.25, 0.3) is 0 Å². The van der Waals surface area contributed by atoms with E-state index in [0.29, 0.717) is 12.1 Å². The Bertz CT molecular complexity index is 383. The Morgan fingerprint density at radius 1 is 1.21 bits per heavy atom. The van der Waals surface area contributed by atoms with Crippen LogP contribution < -0.4 is 5.32 Å². The summed E-state index contributed by atoms with van der Waals surface area (Å²) in [4.78, 5) is 2.62. The van der Waals surface area contributed by atoms with Crippen molar-refractivity contribution in [3.8, 4) is 0 Å². The molecule has 1 heterocycles. The third-order valence-corrected chi connectivity index (χ3v) is 4.24. The quantitative estimate of drug-likeness (QED) is 0.873. The molecular weight excluding hydrogens is 232 g/mol. The molecule has 1 aromatic rings. The topological polar surface area (TPSA) is 15.3 Å². The summed E-state index contributed by atoms with van der Waals surface area (Å²) in [6.45, 7) is 12.6. The minimum absolute atomic E-state index is 0.546. The van der Waals surface area contributed by atoms with E-state index in [0.717, 1.165) is 12.5 Å². The summed E-state index contributed by atoms with van der Waals surface area (Å²) in [5.41, 5.74) is 2.79. The van der Waals surface area contributed by atoms with Crippen molar-refractivity contribution in [2.24, 2.45) is 5.92 Å². The van der Waals surface area contributed by atoms with Crippen LogP contribution in [0.3, 0.4) is 0 Å². The Labute approximate surface area is 118 Å². The van der Waals surface area contributed by atoms with Gasteiger partial charge in [-0.05, 0) is 44.8 Å². The van der Waals surface area contributed by atoms with Crippen LogP contribution in [0.2, 0.25) is 0 Å². The van der Waals surface area contributed by atoms with E-state index in [2.05, 4.69) is 62.2 Å². The molecule has 0 aromatic heterocycles. The molecule has 2 atom stereocenters. The third-order valence-electron chi connectivity index (χ3n) is 4.24. The highest BCUT2D eigenvalue weighted by atomic mass is 15.2. The summed E-state index contributed by atoms with van der Waals surface area (Å²) >= 11 is 0. The fraction of sp³-hybridized carbons (Fsp3) is 0.647. The summed E-state index contributed by atoms with van der Waals surface area (Å²) in [7, 11) is 0. The highest BCUT2D eigenvalue weighted by Crippen LogP contribution is 2.27. The van der Waals surface area contributed by atoms with E-state index in [-0.39, 0.29) is 0 Å². The van der Waals surface area contributed by atoms with Gasteiger partial charge in [-0.2, -0.15) is 0 Å². The maximum atomic E-state index is 3.57. The number of benzene rings is 1. The van der Waals surface area contributed by atoms with Gasteiger partial charge in [0, 0.05) is 18.6 Å². The van der Waals surface area contributed by atoms with Crippen molar-refractivity contribution in [1.82, 2.24) is 10.2 Å². The molecule has 0 spiro atoms. The summed E-state index contributed by atoms with van der Waals surface area (Å²) in [5.74, 6) is 0.815. The summed E-state index contributed by atoms with van der Waals surface area (Å²) < 4.78 is 0. The van der Waals surface area contributed by atoms with Gasteiger partial charge in [0.25, 0.3) is 0 Å². The lowest BCUT2D eigenvalue weighted by Gasteiger charge is -2.25. The summed E-state index contributed by atoms with van der Waals surface area (Å²) in [6, 6.07) is 10.1. The first-order valence-electron chi connectivity index (χ1n) is 7.60. The molecule has 1 aliphatic heterocycles. The van der Waals surface area contributed by atoms with E-state index in [1.165, 1.54) is 30.6 Å². The van der Waals surface area contributed by atoms with Crippen LogP contribution in [0.1, 0.15) is 44.4 Å². The van der Waals surface area contributed by atoms with E-state index in [1.54, 1.807) is 0 Å². The average molecular weight is 260 g/mol. The van der Waals surface area contributed by atoms with Crippen molar-refractivity contribution in [3.63, 3.8) is 0 Å². The van der Waals surface area contributed by atoms with E-state index in [9.17, 15) is 0 Å². The number of nitrogens with zero attached hydrogens (tertiary/aromatic N) is 1. The monoisotopic (exact) mass is 260 g/mol. The molecular formula is C17H28N2. The van der Waals surface area contributed by atoms with Gasteiger partial charge in [0.2, 0.25) is 0 Å². The van der Waals surface area contributed by atoms with Crippen LogP contribution in [0.15, 0.2) is 24.3 Å². The molecule has 2 heteroatoms. The molecule has 2 rings (SSSR count). The summed E-state index contributed by atoms with van der Waals surface area (Å²) in [5, 5.41) is 3.57. The SMILES string of the molecule is Cc1ccc(C(C)N2CCC(CNC(C)C)C2)cc1. The van der Waals surface area contributed by atoms with Gasteiger partial charge >= 0.3 is 0 Å². The van der Waals surface area contributed by atoms with Crippen LogP contribution in [0, 0.1) is 12.8 Å². The number of nitrogens with one attached hydrogen (secondary N) is 1. The van der Waals surface area contributed by atoms with Crippen LogP contribution in [0.5, 0.6) is 0 Å². The molecule has 2 unspecified atom stereocenters. The van der Waals surface area contributed by atoms with Gasteiger partial charge in [-0.15, -0.1) is 0 Å². The van der Waals surface area contributed by atoms with Gasteiger partial charge in [0.05, 0.1) is 0 Å². The molecule has 0 amide bonds. The van der Waals surface area contributed by atoms with E-state index in [4.69, 9.17) is 0 Å². The van der Waals surface area contributed by atoms with Crippen molar-refractivity contribution < 1.29 is 0 Å². The van der Waals surface area contributed by atoms with Gasteiger partial charge in [-0.3, -0.25) is 4.90 Å². The van der Waals surface area contributed by atoms with Crippen LogP contribution in [-0.4, -0.2) is 30.6 Å². The number of hydrogen-bond donors (Lipinski definition) is 1. The third kappa shape index (κ3) is 4.05. The van der Waals surface area contributed by atoms with Gasteiger partial charge in [0.1, 0.15) is 0 Å². The maximum absolute atomic E-state index is 3.57. The second-order valence-corrected chi connectivity index (χ2v) is 6.30. The minimum Gasteiger partial charge on any atom is -0.314 e. The lowest BCUT2D eigenvalue weighted by atomic mass is 10.1. The smallest absolute Gasteiger partial charge is 0.0320 e. The zero-order valence-electron chi connectivity index (χ0n) is 12.8. The Morgan fingerprint density at radius 3 is 2.53 bits per heavy atom. The second kappa shape index (κ2) is 6.53. The fourth-order valence-electron chi connectivity index (χ4n) is 2.84. The first kappa shape index (κ1) is 14.5. The molecule has 106 valence electrons. The first-order chi connectivity index (χ1) is 9.06. The zero-order valence-corrected chi connectivity index (χ0v) is 12.8. The molecule has 0 radical (unpaired) electrons. The van der Waals surface area contributed by atoms with E-state index in [1.807, 2.05) is 0 Å². The molecule has 1 saturated heterocycles. The largest absolute Gasteiger partial charge is 0.314 e. The van der Waals surface area contributed by atoms with Crippen molar-refractivity contribution in [2.75, 3.05) is 19.6 Å². The number of rotatable bonds is 5. The predicted molar refractivity (Wildman–Crippen MR) is 82.4 cm³/mol. The van der Waals surface area contributed by atoms with Crippen LogP contribution >= 0.6 is 0 Å². The van der Waals surface area contributed by atoms with Crippen molar-refractivity contribution in [3.05, 3.63) is 35.4 Å². The van der Waals surface area contributed by atoms with Gasteiger partial charge < -0.3 is 5.32 Å². The lowest BCUT2D eigenvalue weighted by molar-refractivity contribution is 0.251. The first-order valence-corrected chi connectivity index (χ1v) is 7.60. The van der Waals surface area contributed by atoms with Gasteiger partial charge in [-0.1, -0.05) is 43.7 Å².